The van der Waals surface area contributed by atoms with Crippen molar-refractivity contribution in [1.82, 2.24) is 10.3 Å². The number of rotatable bonds is 4. The topological polar surface area (TPSA) is 42.0 Å². The fourth-order valence-corrected chi connectivity index (χ4v) is 1.91. The fourth-order valence-electron chi connectivity index (χ4n) is 1.91. The van der Waals surface area contributed by atoms with Gasteiger partial charge in [-0.05, 0) is 25.0 Å². The van der Waals surface area contributed by atoms with E-state index >= 15 is 0 Å². The summed E-state index contributed by atoms with van der Waals surface area (Å²) in [6.07, 6.45) is 3.09. The van der Waals surface area contributed by atoms with Crippen molar-refractivity contribution in [2.45, 2.75) is 32.7 Å². The summed E-state index contributed by atoms with van der Waals surface area (Å²) >= 11 is 0. The third-order valence-electron chi connectivity index (χ3n) is 3.09. The molecule has 94 valence electrons. The van der Waals surface area contributed by atoms with Gasteiger partial charge in [0.05, 0.1) is 11.9 Å². The number of nitrogens with one attached hydrogen (secondary N) is 1. The van der Waals surface area contributed by atoms with E-state index in [4.69, 9.17) is 0 Å². The molecule has 0 aliphatic carbocycles. The molecule has 2 aromatic rings. The van der Waals surface area contributed by atoms with Crippen molar-refractivity contribution in [3.05, 3.63) is 42.1 Å². The first-order valence-corrected chi connectivity index (χ1v) is 6.32. The van der Waals surface area contributed by atoms with Crippen LogP contribution in [0, 0.1) is 0 Å². The standard InChI is InChI=1S/C15H18N2O/c1-3-11(2)17-14(18)10-13-7-4-6-12-8-5-9-16-15(12)13/h4-9,11H,3,10H2,1-2H3,(H,17,18). The molecule has 2 rings (SSSR count). The van der Waals surface area contributed by atoms with Gasteiger partial charge >= 0.3 is 0 Å². The molecular formula is C15H18N2O. The van der Waals surface area contributed by atoms with Gasteiger partial charge in [0.15, 0.2) is 0 Å². The summed E-state index contributed by atoms with van der Waals surface area (Å²) in [5.74, 6) is 0.0579. The predicted molar refractivity (Wildman–Crippen MR) is 73.3 cm³/mol. The van der Waals surface area contributed by atoms with E-state index in [1.807, 2.05) is 37.3 Å². The number of para-hydroxylation sites is 1. The second-order valence-corrected chi connectivity index (χ2v) is 4.55. The quantitative estimate of drug-likeness (QED) is 0.895. The van der Waals surface area contributed by atoms with Crippen molar-refractivity contribution >= 4 is 16.8 Å². The van der Waals surface area contributed by atoms with E-state index in [2.05, 4.69) is 17.2 Å². The van der Waals surface area contributed by atoms with Crippen molar-refractivity contribution in [3.63, 3.8) is 0 Å². The van der Waals surface area contributed by atoms with Crippen LogP contribution < -0.4 is 5.32 Å². The molecular weight excluding hydrogens is 224 g/mol. The SMILES string of the molecule is CCC(C)NC(=O)Cc1cccc2cccnc12. The van der Waals surface area contributed by atoms with Gasteiger partial charge in [-0.15, -0.1) is 0 Å². The zero-order valence-electron chi connectivity index (χ0n) is 10.8. The molecule has 1 aromatic heterocycles. The van der Waals surface area contributed by atoms with Gasteiger partial charge in [0, 0.05) is 17.6 Å². The van der Waals surface area contributed by atoms with Crippen LogP contribution in [0.3, 0.4) is 0 Å². The zero-order chi connectivity index (χ0) is 13.0. The maximum absolute atomic E-state index is 11.9. The third kappa shape index (κ3) is 2.86. The van der Waals surface area contributed by atoms with Crippen LogP contribution in [0.5, 0.6) is 0 Å². The Kier molecular flexibility index (Phi) is 3.92. The van der Waals surface area contributed by atoms with Gasteiger partial charge in [-0.2, -0.15) is 0 Å². The number of pyridine rings is 1. The second kappa shape index (κ2) is 5.63. The molecule has 0 aliphatic heterocycles. The van der Waals surface area contributed by atoms with E-state index in [1.165, 1.54) is 0 Å². The summed E-state index contributed by atoms with van der Waals surface area (Å²) in [5, 5.41) is 4.05. The van der Waals surface area contributed by atoms with E-state index in [9.17, 15) is 4.79 Å². The first kappa shape index (κ1) is 12.6. The van der Waals surface area contributed by atoms with Crippen LogP contribution in [-0.2, 0) is 11.2 Å². The Hall–Kier alpha value is -1.90. The molecule has 0 saturated carbocycles. The van der Waals surface area contributed by atoms with E-state index in [-0.39, 0.29) is 11.9 Å². The number of hydrogen-bond acceptors (Lipinski definition) is 2. The van der Waals surface area contributed by atoms with Crippen LogP contribution in [0.2, 0.25) is 0 Å². The highest BCUT2D eigenvalue weighted by molar-refractivity contribution is 5.87. The van der Waals surface area contributed by atoms with Crippen molar-refractivity contribution in [2.75, 3.05) is 0 Å². The lowest BCUT2D eigenvalue weighted by Gasteiger charge is -2.11. The Morgan fingerprint density at radius 3 is 2.89 bits per heavy atom. The van der Waals surface area contributed by atoms with Gasteiger partial charge in [0.25, 0.3) is 0 Å². The van der Waals surface area contributed by atoms with Crippen molar-refractivity contribution in [2.24, 2.45) is 0 Å². The highest BCUT2D eigenvalue weighted by atomic mass is 16.1. The first-order valence-electron chi connectivity index (χ1n) is 6.32. The van der Waals surface area contributed by atoms with Gasteiger partial charge in [-0.3, -0.25) is 9.78 Å². The number of benzene rings is 1. The number of amides is 1. The zero-order valence-corrected chi connectivity index (χ0v) is 10.8. The van der Waals surface area contributed by atoms with Crippen LogP contribution in [0.15, 0.2) is 36.5 Å². The molecule has 0 spiro atoms. The molecule has 1 atom stereocenters. The van der Waals surface area contributed by atoms with Gasteiger partial charge in [-0.25, -0.2) is 0 Å². The molecule has 0 aliphatic rings. The molecule has 0 saturated heterocycles. The van der Waals surface area contributed by atoms with Crippen molar-refractivity contribution < 1.29 is 4.79 Å². The lowest BCUT2D eigenvalue weighted by molar-refractivity contribution is -0.121. The smallest absolute Gasteiger partial charge is 0.224 e. The summed E-state index contributed by atoms with van der Waals surface area (Å²) in [5.41, 5.74) is 1.90. The summed E-state index contributed by atoms with van der Waals surface area (Å²) < 4.78 is 0. The largest absolute Gasteiger partial charge is 0.353 e. The maximum Gasteiger partial charge on any atom is 0.224 e. The molecule has 3 nitrogen and oxygen atoms in total. The normalized spacial score (nSPS) is 12.3. The lowest BCUT2D eigenvalue weighted by atomic mass is 10.1. The van der Waals surface area contributed by atoms with Crippen molar-refractivity contribution in [1.29, 1.82) is 0 Å². The van der Waals surface area contributed by atoms with Gasteiger partial charge in [-0.1, -0.05) is 31.2 Å². The minimum absolute atomic E-state index is 0.0579. The summed E-state index contributed by atoms with van der Waals surface area (Å²) in [6, 6.07) is 10.1. The number of fused-ring (bicyclic) bond motifs is 1. The summed E-state index contributed by atoms with van der Waals surface area (Å²) in [4.78, 5) is 16.2. The Balaban J connectivity index is 2.19. The number of carbonyl (C=O) groups excluding carboxylic acids is 1. The Bertz CT molecular complexity index is 546. The fraction of sp³-hybridized carbons (Fsp3) is 0.333. The van der Waals surface area contributed by atoms with Crippen LogP contribution in [0.25, 0.3) is 10.9 Å². The summed E-state index contributed by atoms with van der Waals surface area (Å²) in [7, 11) is 0. The maximum atomic E-state index is 11.9. The third-order valence-corrected chi connectivity index (χ3v) is 3.09. The van der Waals surface area contributed by atoms with Gasteiger partial charge in [0.1, 0.15) is 0 Å². The number of hydrogen-bond donors (Lipinski definition) is 1. The van der Waals surface area contributed by atoms with Crippen LogP contribution in [0.1, 0.15) is 25.8 Å². The molecule has 1 N–H and O–H groups in total. The number of carbonyl (C=O) groups is 1. The minimum Gasteiger partial charge on any atom is -0.353 e. The molecule has 1 heterocycles. The van der Waals surface area contributed by atoms with E-state index in [1.54, 1.807) is 6.20 Å². The molecule has 0 radical (unpaired) electrons. The minimum atomic E-state index is 0.0579. The molecule has 3 heteroatoms. The van der Waals surface area contributed by atoms with Crippen molar-refractivity contribution in [3.8, 4) is 0 Å². The second-order valence-electron chi connectivity index (χ2n) is 4.55. The van der Waals surface area contributed by atoms with Gasteiger partial charge < -0.3 is 5.32 Å². The average Bonchev–Trinajstić information content (AvgIpc) is 2.39. The summed E-state index contributed by atoms with van der Waals surface area (Å²) in [6.45, 7) is 4.07. The lowest BCUT2D eigenvalue weighted by Crippen LogP contribution is -2.33. The van der Waals surface area contributed by atoms with Crippen LogP contribution >= 0.6 is 0 Å². The Morgan fingerprint density at radius 1 is 1.33 bits per heavy atom. The number of aromatic nitrogens is 1. The predicted octanol–water partition coefficient (Wildman–Crippen LogP) is 2.69. The average molecular weight is 242 g/mol. The molecule has 0 fully saturated rings. The van der Waals surface area contributed by atoms with Crippen LogP contribution in [0.4, 0.5) is 0 Å². The van der Waals surface area contributed by atoms with Crippen LogP contribution in [-0.4, -0.2) is 16.9 Å². The molecule has 1 amide bonds. The van der Waals surface area contributed by atoms with E-state index in [0.29, 0.717) is 6.42 Å². The molecule has 0 bridgehead atoms. The highest BCUT2D eigenvalue weighted by Gasteiger charge is 2.09. The van der Waals surface area contributed by atoms with E-state index in [0.717, 1.165) is 22.9 Å². The van der Waals surface area contributed by atoms with E-state index < -0.39 is 0 Å². The number of nitrogens with zero attached hydrogens (tertiary/aromatic N) is 1. The van der Waals surface area contributed by atoms with Gasteiger partial charge in [0.2, 0.25) is 5.91 Å². The Morgan fingerprint density at radius 2 is 2.11 bits per heavy atom. The molecule has 1 unspecified atom stereocenters. The monoisotopic (exact) mass is 242 g/mol. The Labute approximate surface area is 107 Å². The highest BCUT2D eigenvalue weighted by Crippen LogP contribution is 2.16. The molecule has 1 aromatic carbocycles. The molecule has 18 heavy (non-hydrogen) atoms. The first-order chi connectivity index (χ1) is 8.70.